The third-order valence-electron chi connectivity index (χ3n) is 3.38. The summed E-state index contributed by atoms with van der Waals surface area (Å²) >= 11 is 1.60. The van der Waals surface area contributed by atoms with E-state index in [0.29, 0.717) is 19.0 Å². The summed E-state index contributed by atoms with van der Waals surface area (Å²) in [6.45, 7) is 1.58. The Morgan fingerprint density at radius 1 is 1.22 bits per heavy atom. The molecule has 148 valence electrons. The molecule has 10 heteroatoms. The van der Waals surface area contributed by atoms with Crippen LogP contribution in [-0.4, -0.2) is 37.9 Å². The Kier molecular flexibility index (Phi) is 7.28. The molecule has 0 amide bonds. The summed E-state index contributed by atoms with van der Waals surface area (Å²) in [4.78, 5) is 9.54. The zero-order valence-electron chi connectivity index (χ0n) is 15.2. The lowest BCUT2D eigenvalue weighted by Gasteiger charge is -2.15. The Labute approximate surface area is 159 Å². The molecule has 6 nitrogen and oxygen atoms in total. The minimum atomic E-state index is -4.40. The van der Waals surface area contributed by atoms with Crippen molar-refractivity contribution in [2.45, 2.75) is 26.2 Å². The number of rotatable bonds is 7. The number of benzene rings is 1. The minimum absolute atomic E-state index is 0.0419. The number of aromatic nitrogens is 1. The lowest BCUT2D eigenvalue weighted by molar-refractivity contribution is -0.153. The molecule has 0 saturated heterocycles. The maximum atomic E-state index is 12.3. The summed E-state index contributed by atoms with van der Waals surface area (Å²) in [5, 5.41) is 7.23. The molecule has 0 fully saturated rings. The van der Waals surface area contributed by atoms with Crippen LogP contribution in [0.1, 0.15) is 15.4 Å². The fourth-order valence-corrected chi connectivity index (χ4v) is 2.88. The molecular weight excluding hydrogens is 381 g/mol. The SMILES string of the molecule is CN=C(NCc1ccc(OCC(F)(F)F)c(OC)c1)NCc1ncc(C)s1. The van der Waals surface area contributed by atoms with Crippen LogP contribution in [0.5, 0.6) is 11.5 Å². The summed E-state index contributed by atoms with van der Waals surface area (Å²) in [6, 6.07) is 4.74. The van der Waals surface area contributed by atoms with Gasteiger partial charge in [-0.15, -0.1) is 11.3 Å². The number of nitrogens with zero attached hydrogens (tertiary/aromatic N) is 2. The van der Waals surface area contributed by atoms with E-state index in [1.807, 2.05) is 13.1 Å². The van der Waals surface area contributed by atoms with Gasteiger partial charge in [-0.25, -0.2) is 4.98 Å². The molecule has 0 spiro atoms. The van der Waals surface area contributed by atoms with Crippen LogP contribution in [0.3, 0.4) is 0 Å². The third-order valence-corrected chi connectivity index (χ3v) is 4.29. The van der Waals surface area contributed by atoms with Gasteiger partial charge in [0.1, 0.15) is 5.01 Å². The van der Waals surface area contributed by atoms with Gasteiger partial charge in [-0.3, -0.25) is 4.99 Å². The lowest BCUT2D eigenvalue weighted by atomic mass is 10.2. The predicted molar refractivity (Wildman–Crippen MR) is 98.4 cm³/mol. The standard InChI is InChI=1S/C17H21F3N4O2S/c1-11-7-22-15(27-11)9-24-16(21-2)23-8-12-4-5-13(14(6-12)25-3)26-10-17(18,19)20/h4-7H,8-10H2,1-3H3,(H2,21,23,24). The first kappa shape index (κ1) is 20.8. The zero-order chi connectivity index (χ0) is 19.9. The van der Waals surface area contributed by atoms with E-state index in [-0.39, 0.29) is 11.5 Å². The molecule has 0 atom stereocenters. The highest BCUT2D eigenvalue weighted by molar-refractivity contribution is 7.11. The number of thiazole rings is 1. The molecule has 0 unspecified atom stereocenters. The normalized spacial score (nSPS) is 12.0. The summed E-state index contributed by atoms with van der Waals surface area (Å²) in [7, 11) is 3.03. The second-order valence-corrected chi connectivity index (χ2v) is 6.85. The number of ether oxygens (including phenoxy) is 2. The van der Waals surface area contributed by atoms with Crippen LogP contribution in [-0.2, 0) is 13.1 Å². The van der Waals surface area contributed by atoms with Crippen molar-refractivity contribution in [3.63, 3.8) is 0 Å². The second-order valence-electron chi connectivity index (χ2n) is 5.53. The molecular formula is C17H21F3N4O2S. The Morgan fingerprint density at radius 2 is 1.96 bits per heavy atom. The van der Waals surface area contributed by atoms with Gasteiger partial charge in [0.15, 0.2) is 24.1 Å². The summed E-state index contributed by atoms with van der Waals surface area (Å²) in [6.07, 6.45) is -2.59. The van der Waals surface area contributed by atoms with E-state index >= 15 is 0 Å². The van der Waals surface area contributed by atoms with Crippen molar-refractivity contribution in [1.29, 1.82) is 0 Å². The van der Waals surface area contributed by atoms with E-state index in [2.05, 4.69) is 20.6 Å². The fourth-order valence-electron chi connectivity index (χ4n) is 2.15. The first-order valence-electron chi connectivity index (χ1n) is 8.03. The fraction of sp³-hybridized carbons (Fsp3) is 0.412. The highest BCUT2D eigenvalue weighted by Gasteiger charge is 2.29. The Bertz CT molecular complexity index is 778. The maximum absolute atomic E-state index is 12.3. The number of halogens is 3. The lowest BCUT2D eigenvalue weighted by Crippen LogP contribution is -2.36. The van der Waals surface area contributed by atoms with E-state index in [9.17, 15) is 13.2 Å². The Balaban J connectivity index is 1.91. The Hall–Kier alpha value is -2.49. The van der Waals surface area contributed by atoms with E-state index in [4.69, 9.17) is 9.47 Å². The Morgan fingerprint density at radius 3 is 2.56 bits per heavy atom. The van der Waals surface area contributed by atoms with E-state index in [1.54, 1.807) is 30.5 Å². The number of guanidine groups is 1. The monoisotopic (exact) mass is 402 g/mol. The molecule has 0 aliphatic heterocycles. The van der Waals surface area contributed by atoms with E-state index in [1.165, 1.54) is 13.2 Å². The largest absolute Gasteiger partial charge is 0.493 e. The van der Waals surface area contributed by atoms with Crippen LogP contribution in [0.15, 0.2) is 29.4 Å². The second kappa shape index (κ2) is 9.45. The van der Waals surface area contributed by atoms with Crippen molar-refractivity contribution in [2.75, 3.05) is 20.8 Å². The topological polar surface area (TPSA) is 67.8 Å². The number of aryl methyl sites for hydroxylation is 1. The number of hydrogen-bond donors (Lipinski definition) is 2. The van der Waals surface area contributed by atoms with Crippen LogP contribution < -0.4 is 20.1 Å². The molecule has 2 rings (SSSR count). The van der Waals surface area contributed by atoms with Gasteiger partial charge in [0, 0.05) is 24.7 Å². The number of nitrogens with one attached hydrogen (secondary N) is 2. The van der Waals surface area contributed by atoms with Gasteiger partial charge >= 0.3 is 6.18 Å². The molecule has 0 aliphatic carbocycles. The van der Waals surface area contributed by atoms with Gasteiger partial charge in [-0.1, -0.05) is 6.07 Å². The summed E-state index contributed by atoms with van der Waals surface area (Å²) in [5.41, 5.74) is 0.805. The van der Waals surface area contributed by atoms with Gasteiger partial charge in [-0.2, -0.15) is 13.2 Å². The number of hydrogen-bond acceptors (Lipinski definition) is 5. The van der Waals surface area contributed by atoms with Crippen molar-refractivity contribution in [2.24, 2.45) is 4.99 Å². The molecule has 2 N–H and O–H groups in total. The molecule has 1 aromatic heterocycles. The molecule has 0 radical (unpaired) electrons. The zero-order valence-corrected chi connectivity index (χ0v) is 16.0. The van der Waals surface area contributed by atoms with Gasteiger partial charge in [0.2, 0.25) is 0 Å². The van der Waals surface area contributed by atoms with Crippen molar-refractivity contribution in [1.82, 2.24) is 15.6 Å². The van der Waals surface area contributed by atoms with Crippen LogP contribution in [0, 0.1) is 6.92 Å². The highest BCUT2D eigenvalue weighted by Crippen LogP contribution is 2.29. The number of aliphatic imine (C=N–C) groups is 1. The van der Waals surface area contributed by atoms with Crippen LogP contribution >= 0.6 is 11.3 Å². The van der Waals surface area contributed by atoms with Gasteiger partial charge in [-0.05, 0) is 24.6 Å². The van der Waals surface area contributed by atoms with E-state index < -0.39 is 12.8 Å². The highest BCUT2D eigenvalue weighted by atomic mass is 32.1. The van der Waals surface area contributed by atoms with Gasteiger partial charge in [0.25, 0.3) is 0 Å². The van der Waals surface area contributed by atoms with Crippen molar-refractivity contribution >= 4 is 17.3 Å². The van der Waals surface area contributed by atoms with Crippen LogP contribution in [0.25, 0.3) is 0 Å². The average molecular weight is 402 g/mol. The van der Waals surface area contributed by atoms with Gasteiger partial charge < -0.3 is 20.1 Å². The summed E-state index contributed by atoms with van der Waals surface area (Å²) < 4.78 is 46.8. The molecule has 2 aromatic rings. The van der Waals surface area contributed by atoms with Crippen molar-refractivity contribution in [3.05, 3.63) is 39.8 Å². The molecule has 0 bridgehead atoms. The van der Waals surface area contributed by atoms with Crippen molar-refractivity contribution < 1.29 is 22.6 Å². The molecule has 1 heterocycles. The molecule has 1 aromatic carbocycles. The van der Waals surface area contributed by atoms with Crippen molar-refractivity contribution in [3.8, 4) is 11.5 Å². The smallest absolute Gasteiger partial charge is 0.422 e. The molecule has 27 heavy (non-hydrogen) atoms. The van der Waals surface area contributed by atoms with Crippen LogP contribution in [0.2, 0.25) is 0 Å². The average Bonchev–Trinajstić information content (AvgIpc) is 3.05. The first-order valence-corrected chi connectivity index (χ1v) is 8.84. The van der Waals surface area contributed by atoms with Crippen LogP contribution in [0.4, 0.5) is 13.2 Å². The molecule has 0 saturated carbocycles. The quantitative estimate of drug-likeness (QED) is 0.550. The molecule has 0 aliphatic rings. The number of methoxy groups -OCH3 is 1. The third kappa shape index (κ3) is 6.97. The number of alkyl halides is 3. The summed E-state index contributed by atoms with van der Waals surface area (Å²) in [5.74, 6) is 0.860. The predicted octanol–water partition coefficient (Wildman–Crippen LogP) is 3.27. The maximum Gasteiger partial charge on any atom is 0.422 e. The first-order chi connectivity index (χ1) is 12.8. The minimum Gasteiger partial charge on any atom is -0.493 e. The van der Waals surface area contributed by atoms with E-state index in [0.717, 1.165) is 15.4 Å². The van der Waals surface area contributed by atoms with Gasteiger partial charge in [0.05, 0.1) is 13.7 Å².